The van der Waals surface area contributed by atoms with Gasteiger partial charge in [-0.15, -0.1) is 0 Å². The molecule has 1 heterocycles. The smallest absolute Gasteiger partial charge is 0.352 e. The molecule has 0 aliphatic carbocycles. The number of para-hydroxylation sites is 2. The van der Waals surface area contributed by atoms with E-state index < -0.39 is 62.7 Å². The zero-order valence-electron chi connectivity index (χ0n) is 19.7. The summed E-state index contributed by atoms with van der Waals surface area (Å²) in [6, 6.07) is 12.0. The Hall–Kier alpha value is -4.07. The highest BCUT2D eigenvalue weighted by molar-refractivity contribution is 7.93. The highest BCUT2D eigenvalue weighted by Crippen LogP contribution is 2.41. The van der Waals surface area contributed by atoms with E-state index in [1.54, 1.807) is 30.3 Å². The average molecular weight is 571 g/mol. The highest BCUT2D eigenvalue weighted by Gasteiger charge is 2.44. The number of carbonyl (C=O) groups is 2. The minimum Gasteiger partial charge on any atom is -0.352 e. The van der Waals surface area contributed by atoms with Gasteiger partial charge in [0.05, 0.1) is 33.8 Å². The Bertz CT molecular complexity index is 1480. The van der Waals surface area contributed by atoms with E-state index in [0.717, 1.165) is 0 Å². The number of benzene rings is 3. The van der Waals surface area contributed by atoms with Crippen LogP contribution in [0, 0.1) is 0 Å². The lowest BCUT2D eigenvalue weighted by atomic mass is 10.1. The number of hydrogen-bond acceptors (Lipinski definition) is 4. The predicted octanol–water partition coefficient (Wildman–Crippen LogP) is 4.95. The van der Waals surface area contributed by atoms with Gasteiger partial charge in [0.1, 0.15) is 6.04 Å². The van der Waals surface area contributed by atoms with Crippen molar-refractivity contribution in [3.8, 4) is 0 Å². The van der Waals surface area contributed by atoms with Crippen LogP contribution in [0.5, 0.6) is 0 Å². The summed E-state index contributed by atoms with van der Waals surface area (Å²) >= 11 is 0. The van der Waals surface area contributed by atoms with E-state index in [1.807, 2.05) is 0 Å². The van der Waals surface area contributed by atoms with Gasteiger partial charge in [-0.2, -0.15) is 26.3 Å². The maximum absolute atomic E-state index is 13.7. The monoisotopic (exact) mass is 571 g/mol. The first-order valence-electron chi connectivity index (χ1n) is 11.2. The summed E-state index contributed by atoms with van der Waals surface area (Å²) in [5.74, 6) is -1.77. The van der Waals surface area contributed by atoms with Crippen LogP contribution >= 0.6 is 0 Å². The van der Waals surface area contributed by atoms with Crippen LogP contribution in [-0.4, -0.2) is 26.3 Å². The van der Waals surface area contributed by atoms with E-state index in [0.29, 0.717) is 9.87 Å². The highest BCUT2D eigenvalue weighted by atomic mass is 32.2. The summed E-state index contributed by atoms with van der Waals surface area (Å²) in [7, 11) is -5.24. The topological polar surface area (TPSA) is 95.6 Å². The molecule has 3 aromatic rings. The Morgan fingerprint density at radius 2 is 1.44 bits per heavy atom. The van der Waals surface area contributed by atoms with E-state index in [9.17, 15) is 44.3 Å². The van der Waals surface area contributed by atoms with Gasteiger partial charge >= 0.3 is 12.4 Å². The number of amides is 2. The van der Waals surface area contributed by atoms with Gasteiger partial charge in [-0.1, -0.05) is 42.5 Å². The van der Waals surface area contributed by atoms with Crippen molar-refractivity contribution in [2.75, 3.05) is 9.62 Å². The minimum absolute atomic E-state index is 0.0277. The summed E-state index contributed by atoms with van der Waals surface area (Å²) < 4.78 is 108. The molecule has 4 rings (SSSR count). The number of carbonyl (C=O) groups excluding carboxylic acids is 2. The van der Waals surface area contributed by atoms with Gasteiger partial charge in [0.2, 0.25) is 11.8 Å². The number of halogens is 6. The van der Waals surface area contributed by atoms with Gasteiger partial charge < -0.3 is 10.6 Å². The summed E-state index contributed by atoms with van der Waals surface area (Å²) in [6.45, 7) is 0.0277. The Morgan fingerprint density at radius 1 is 0.872 bits per heavy atom. The molecule has 0 aromatic heterocycles. The van der Waals surface area contributed by atoms with Crippen LogP contribution in [0.2, 0.25) is 0 Å². The zero-order valence-corrected chi connectivity index (χ0v) is 20.5. The minimum atomic E-state index is -5.31. The maximum atomic E-state index is 13.7. The fourth-order valence-electron chi connectivity index (χ4n) is 3.97. The second-order valence-corrected chi connectivity index (χ2v) is 10.3. The van der Waals surface area contributed by atoms with E-state index >= 15 is 0 Å². The third-order valence-corrected chi connectivity index (χ3v) is 7.61. The Balaban J connectivity index is 1.78. The molecular formula is C25H19F6N3O4S. The lowest BCUT2D eigenvalue weighted by molar-refractivity contribution is -0.143. The summed E-state index contributed by atoms with van der Waals surface area (Å²) in [5, 5.41) is 4.95. The van der Waals surface area contributed by atoms with Crippen LogP contribution in [-0.2, 0) is 38.5 Å². The third-order valence-electron chi connectivity index (χ3n) is 5.81. The first-order chi connectivity index (χ1) is 18.2. The largest absolute Gasteiger partial charge is 0.416 e. The van der Waals surface area contributed by atoms with Crippen molar-refractivity contribution in [3.05, 3.63) is 89.5 Å². The molecule has 0 spiro atoms. The molecule has 1 aliphatic rings. The summed E-state index contributed by atoms with van der Waals surface area (Å²) in [5.41, 5.74) is -3.29. The van der Waals surface area contributed by atoms with Crippen LogP contribution in [0.3, 0.4) is 0 Å². The van der Waals surface area contributed by atoms with E-state index in [2.05, 4.69) is 10.6 Å². The normalized spacial score (nSPS) is 15.9. The molecule has 3 aromatic carbocycles. The lowest BCUT2D eigenvalue weighted by Gasteiger charge is -2.36. The van der Waals surface area contributed by atoms with Crippen molar-refractivity contribution in [3.63, 3.8) is 0 Å². The van der Waals surface area contributed by atoms with Gasteiger partial charge in [-0.05, 0) is 35.9 Å². The molecule has 2 amide bonds. The molecule has 0 bridgehead atoms. The van der Waals surface area contributed by atoms with Gasteiger partial charge in [-0.25, -0.2) is 8.42 Å². The molecular weight excluding hydrogens is 552 g/mol. The molecule has 1 unspecified atom stereocenters. The quantitative estimate of drug-likeness (QED) is 0.410. The van der Waals surface area contributed by atoms with E-state index in [1.165, 1.54) is 24.3 Å². The van der Waals surface area contributed by atoms with Gasteiger partial charge in [0.15, 0.2) is 0 Å². The molecule has 206 valence electrons. The fourth-order valence-corrected chi connectivity index (χ4v) is 5.67. The van der Waals surface area contributed by atoms with Gasteiger partial charge in [0, 0.05) is 6.54 Å². The van der Waals surface area contributed by atoms with Crippen molar-refractivity contribution < 1.29 is 44.3 Å². The lowest BCUT2D eigenvalue weighted by Crippen LogP contribution is -2.52. The Morgan fingerprint density at radius 3 is 2.03 bits per heavy atom. The molecule has 14 heteroatoms. The fraction of sp³-hybridized carbons (Fsp3) is 0.200. The zero-order chi connectivity index (χ0) is 28.6. The summed E-state index contributed by atoms with van der Waals surface area (Å²) in [4.78, 5) is 24.3. The first kappa shape index (κ1) is 28.0. The Labute approximate surface area is 218 Å². The number of alkyl halides is 6. The molecule has 0 saturated heterocycles. The number of nitrogens with one attached hydrogen (secondary N) is 2. The van der Waals surface area contributed by atoms with Crippen LogP contribution in [0.15, 0.2) is 77.7 Å². The van der Waals surface area contributed by atoms with Crippen molar-refractivity contribution in [2.24, 2.45) is 0 Å². The number of hydrogen-bond donors (Lipinski definition) is 2. The van der Waals surface area contributed by atoms with E-state index in [4.69, 9.17) is 0 Å². The molecule has 39 heavy (non-hydrogen) atoms. The molecule has 1 atom stereocenters. The van der Waals surface area contributed by atoms with Crippen LogP contribution in [0.25, 0.3) is 0 Å². The number of rotatable bonds is 6. The maximum Gasteiger partial charge on any atom is 0.416 e. The SMILES string of the molecule is O=C(CC1C(=O)Nc2ccccc2N1S(=O)(=O)c1cc(C(F)(F)F)cc(C(F)(F)F)c1)NCc1ccccc1. The number of fused-ring (bicyclic) bond motifs is 1. The molecule has 0 radical (unpaired) electrons. The molecule has 2 N–H and O–H groups in total. The number of sulfonamides is 1. The predicted molar refractivity (Wildman–Crippen MR) is 128 cm³/mol. The van der Waals surface area contributed by atoms with Crippen LogP contribution in [0.1, 0.15) is 23.1 Å². The van der Waals surface area contributed by atoms with Crippen molar-refractivity contribution in [1.29, 1.82) is 0 Å². The average Bonchev–Trinajstić information content (AvgIpc) is 2.87. The second kappa shape index (κ2) is 10.2. The van der Waals surface area contributed by atoms with Crippen LogP contribution in [0.4, 0.5) is 37.7 Å². The van der Waals surface area contributed by atoms with Gasteiger partial charge in [-0.3, -0.25) is 13.9 Å². The van der Waals surface area contributed by atoms with Crippen molar-refractivity contribution in [2.45, 2.75) is 36.3 Å². The standard InChI is InChI=1S/C25H19F6N3O4S/c26-24(27,28)16-10-17(25(29,30)31)12-18(11-16)39(37,38)34-20-9-5-4-8-19(20)33-23(36)21(34)13-22(35)32-14-15-6-2-1-3-7-15/h1-12,21H,13-14H2,(H,32,35)(H,33,36). The van der Waals surface area contributed by atoms with Crippen molar-refractivity contribution >= 4 is 33.2 Å². The van der Waals surface area contributed by atoms with Crippen molar-refractivity contribution in [1.82, 2.24) is 5.32 Å². The second-order valence-electron chi connectivity index (χ2n) is 8.53. The Kier molecular flexibility index (Phi) is 7.34. The van der Waals surface area contributed by atoms with E-state index in [-0.39, 0.29) is 36.1 Å². The molecule has 0 saturated carbocycles. The first-order valence-corrected chi connectivity index (χ1v) is 12.7. The molecule has 1 aliphatic heterocycles. The summed E-state index contributed by atoms with van der Waals surface area (Å²) in [6.07, 6.45) is -11.4. The number of nitrogens with zero attached hydrogens (tertiary/aromatic N) is 1. The van der Waals surface area contributed by atoms with Gasteiger partial charge in [0.25, 0.3) is 10.0 Å². The molecule has 0 fully saturated rings. The third kappa shape index (κ3) is 6.00. The number of anilines is 2. The van der Waals surface area contributed by atoms with Crippen LogP contribution < -0.4 is 14.9 Å². The molecule has 7 nitrogen and oxygen atoms in total.